The van der Waals surface area contributed by atoms with E-state index in [0.29, 0.717) is 0 Å². The first-order valence-corrected chi connectivity index (χ1v) is 13.9. The van der Waals surface area contributed by atoms with Crippen molar-refractivity contribution in [3.05, 3.63) is 78.8 Å². The second-order valence-corrected chi connectivity index (χ2v) is 12.6. The Balaban J connectivity index is 0.000000185. The van der Waals surface area contributed by atoms with E-state index in [-0.39, 0.29) is 62.8 Å². The standard InChI is InChI=1S/C16H14N2O6.C15H12N2O6/c1-16(2,3)15-17-11-13(20)12(19)10-8(23-4)6-5-7(18(21)22)9(10)14(11)24-15;1-15(2,3)14-16-10-12(20)11(19)9-7(18)5-4-6(17(21)22)8(9)13(10)23-14/h5-6H,1-4H3;4-5,18H,1-3H3. The molecule has 0 fully saturated rings. The van der Waals surface area contributed by atoms with Crippen LogP contribution in [-0.2, 0) is 10.8 Å². The van der Waals surface area contributed by atoms with Crippen LogP contribution in [0.15, 0.2) is 33.1 Å². The fourth-order valence-corrected chi connectivity index (χ4v) is 4.91. The molecule has 2 heterocycles. The van der Waals surface area contributed by atoms with E-state index in [4.69, 9.17) is 13.6 Å². The summed E-state index contributed by atoms with van der Waals surface area (Å²) in [6.07, 6.45) is 0. The molecule has 1 N–H and O–H groups in total. The van der Waals surface area contributed by atoms with Gasteiger partial charge in [0.15, 0.2) is 22.9 Å². The van der Waals surface area contributed by atoms with Crippen LogP contribution in [0.3, 0.4) is 0 Å². The fraction of sp³-hybridized carbons (Fsp3) is 0.290. The fourth-order valence-electron chi connectivity index (χ4n) is 4.91. The Bertz CT molecular complexity index is 2090. The van der Waals surface area contributed by atoms with Gasteiger partial charge in [0.2, 0.25) is 23.3 Å². The topological polar surface area (TPSA) is 236 Å². The molecule has 0 saturated carbocycles. The summed E-state index contributed by atoms with van der Waals surface area (Å²) < 4.78 is 16.3. The summed E-state index contributed by atoms with van der Waals surface area (Å²) in [5.74, 6) is -4.01. The van der Waals surface area contributed by atoms with Crippen LogP contribution in [0.1, 0.15) is 95.0 Å². The molecule has 16 nitrogen and oxygen atoms in total. The molecule has 0 radical (unpaired) electrons. The van der Waals surface area contributed by atoms with Gasteiger partial charge in [-0.2, -0.15) is 0 Å². The first-order chi connectivity index (χ1) is 21.8. The lowest BCUT2D eigenvalue weighted by Crippen LogP contribution is -2.22. The molecule has 0 aliphatic heterocycles. The number of ether oxygens (including phenoxy) is 1. The highest BCUT2D eigenvalue weighted by atomic mass is 16.6. The minimum absolute atomic E-state index is 0.0647. The number of aromatic hydroxyl groups is 1. The number of nitrogens with zero attached hydrogens (tertiary/aromatic N) is 4. The number of carbonyl (C=O) groups excluding carboxylic acids is 4. The number of nitro benzene ring substituents is 2. The summed E-state index contributed by atoms with van der Waals surface area (Å²) in [7, 11) is 1.32. The summed E-state index contributed by atoms with van der Waals surface area (Å²) in [5.41, 5.74) is -3.20. The van der Waals surface area contributed by atoms with Crippen LogP contribution in [-0.4, -0.2) is 55.2 Å². The molecule has 2 aliphatic rings. The molecule has 2 aromatic heterocycles. The molecule has 242 valence electrons. The molecular weight excluding hydrogens is 620 g/mol. The van der Waals surface area contributed by atoms with E-state index in [2.05, 4.69) is 9.97 Å². The predicted octanol–water partition coefficient (Wildman–Crippen LogP) is 5.57. The summed E-state index contributed by atoms with van der Waals surface area (Å²) in [6, 6.07) is 4.56. The van der Waals surface area contributed by atoms with Crippen molar-refractivity contribution < 1.29 is 47.7 Å². The highest BCUT2D eigenvalue weighted by Crippen LogP contribution is 2.46. The van der Waals surface area contributed by atoms with Crippen molar-refractivity contribution in [3.63, 3.8) is 0 Å². The Morgan fingerprint density at radius 1 is 0.660 bits per heavy atom. The molecule has 16 heteroatoms. The molecule has 2 aromatic carbocycles. The average molecular weight is 647 g/mol. The van der Waals surface area contributed by atoms with Gasteiger partial charge in [-0.15, -0.1) is 0 Å². The maximum absolute atomic E-state index is 12.5. The van der Waals surface area contributed by atoms with Gasteiger partial charge in [0, 0.05) is 23.0 Å². The van der Waals surface area contributed by atoms with Gasteiger partial charge in [0.05, 0.1) is 28.1 Å². The number of carbonyl (C=O) groups is 4. The maximum atomic E-state index is 12.5. The van der Waals surface area contributed by atoms with Crippen molar-refractivity contribution in [3.8, 4) is 34.1 Å². The first kappa shape index (κ1) is 32.3. The van der Waals surface area contributed by atoms with Gasteiger partial charge in [0.25, 0.3) is 22.9 Å². The summed E-state index contributed by atoms with van der Waals surface area (Å²) in [4.78, 5) is 78.7. The number of rotatable bonds is 3. The van der Waals surface area contributed by atoms with Crippen LogP contribution >= 0.6 is 0 Å². The molecule has 0 saturated heterocycles. The van der Waals surface area contributed by atoms with Crippen molar-refractivity contribution in [2.24, 2.45) is 0 Å². The van der Waals surface area contributed by atoms with Gasteiger partial charge in [-0.25, -0.2) is 9.97 Å². The van der Waals surface area contributed by atoms with Gasteiger partial charge >= 0.3 is 0 Å². The Morgan fingerprint density at radius 3 is 1.47 bits per heavy atom. The zero-order valence-electron chi connectivity index (χ0n) is 26.0. The SMILES string of the molecule is CC(C)(C)c1nc2c(o1)-c1c([N+](=O)[O-])ccc(O)c1C(=O)C2=O.COc1ccc([N+](=O)[O-])c2c1C(=O)C(=O)c1nc(C(C)(C)C)oc1-2. The zero-order valence-corrected chi connectivity index (χ0v) is 26.0. The molecule has 6 rings (SSSR count). The molecule has 4 aromatic rings. The van der Waals surface area contributed by atoms with E-state index in [1.54, 1.807) is 20.8 Å². The minimum Gasteiger partial charge on any atom is -0.507 e. The van der Waals surface area contributed by atoms with E-state index in [9.17, 15) is 44.5 Å². The van der Waals surface area contributed by atoms with Crippen LogP contribution in [0.5, 0.6) is 11.5 Å². The Kier molecular flexibility index (Phi) is 7.42. The third kappa shape index (κ3) is 5.12. The van der Waals surface area contributed by atoms with Crippen molar-refractivity contribution in [1.82, 2.24) is 9.97 Å². The predicted molar refractivity (Wildman–Crippen MR) is 160 cm³/mol. The van der Waals surface area contributed by atoms with Crippen LogP contribution in [0, 0.1) is 20.2 Å². The number of Topliss-reactive ketones (excluding diaryl/α,β-unsaturated/α-hetero) is 4. The van der Waals surface area contributed by atoms with Crippen molar-refractivity contribution in [2.75, 3.05) is 7.11 Å². The molecule has 0 unspecified atom stereocenters. The molecule has 47 heavy (non-hydrogen) atoms. The van der Waals surface area contributed by atoms with Gasteiger partial charge in [-0.1, -0.05) is 41.5 Å². The van der Waals surface area contributed by atoms with Crippen LogP contribution in [0.2, 0.25) is 0 Å². The number of methoxy groups -OCH3 is 1. The third-order valence-corrected chi connectivity index (χ3v) is 7.21. The lowest BCUT2D eigenvalue weighted by molar-refractivity contribution is -0.384. The Labute approximate surface area is 264 Å². The van der Waals surface area contributed by atoms with Crippen molar-refractivity contribution in [1.29, 1.82) is 0 Å². The zero-order chi connectivity index (χ0) is 34.9. The smallest absolute Gasteiger partial charge is 0.281 e. The normalized spacial score (nSPS) is 13.6. The number of benzene rings is 2. The quantitative estimate of drug-likeness (QED) is 0.163. The molecule has 0 spiro atoms. The highest BCUT2D eigenvalue weighted by Gasteiger charge is 2.44. The molecular formula is C31H26N4O12. The Morgan fingerprint density at radius 2 is 1.06 bits per heavy atom. The van der Waals surface area contributed by atoms with E-state index >= 15 is 0 Å². The summed E-state index contributed by atoms with van der Waals surface area (Å²) >= 11 is 0. The lowest BCUT2D eigenvalue weighted by Gasteiger charge is -2.15. The number of hydrogen-bond donors (Lipinski definition) is 1. The second-order valence-electron chi connectivity index (χ2n) is 12.6. The molecule has 0 bridgehead atoms. The van der Waals surface area contributed by atoms with E-state index in [0.717, 1.165) is 12.1 Å². The Hall–Kier alpha value is -6.06. The molecule has 2 aliphatic carbocycles. The first-order valence-electron chi connectivity index (χ1n) is 13.9. The van der Waals surface area contributed by atoms with E-state index in [1.807, 2.05) is 20.8 Å². The number of aromatic nitrogens is 2. The van der Waals surface area contributed by atoms with Gasteiger partial charge in [-0.3, -0.25) is 39.4 Å². The average Bonchev–Trinajstić information content (AvgIpc) is 3.64. The summed E-state index contributed by atoms with van der Waals surface area (Å²) in [6.45, 7) is 10.8. The maximum Gasteiger partial charge on any atom is 0.281 e. The number of hydrogen-bond acceptors (Lipinski definition) is 14. The number of phenolic OH excluding ortho intramolecular Hbond substituents is 1. The third-order valence-electron chi connectivity index (χ3n) is 7.21. The monoisotopic (exact) mass is 646 g/mol. The van der Waals surface area contributed by atoms with E-state index in [1.165, 1.54) is 19.2 Å². The lowest BCUT2D eigenvalue weighted by atomic mass is 9.89. The minimum atomic E-state index is -1.04. The van der Waals surface area contributed by atoms with Crippen LogP contribution in [0.4, 0.5) is 11.4 Å². The molecule has 0 amide bonds. The number of oxazole rings is 2. The van der Waals surface area contributed by atoms with Crippen LogP contribution in [0.25, 0.3) is 22.6 Å². The number of fused-ring (bicyclic) bond motifs is 6. The van der Waals surface area contributed by atoms with Crippen molar-refractivity contribution in [2.45, 2.75) is 52.4 Å². The van der Waals surface area contributed by atoms with Crippen molar-refractivity contribution >= 4 is 34.5 Å². The number of phenols is 1. The van der Waals surface area contributed by atoms with Crippen LogP contribution < -0.4 is 4.74 Å². The number of nitro groups is 2. The van der Waals surface area contributed by atoms with Gasteiger partial charge < -0.3 is 18.7 Å². The largest absolute Gasteiger partial charge is 0.507 e. The molecule has 0 atom stereocenters. The highest BCUT2D eigenvalue weighted by molar-refractivity contribution is 6.53. The second kappa shape index (κ2) is 10.8. The summed E-state index contributed by atoms with van der Waals surface area (Å²) in [5, 5.41) is 32.5. The van der Waals surface area contributed by atoms with Gasteiger partial charge in [-0.05, 0) is 12.1 Å². The van der Waals surface area contributed by atoms with Gasteiger partial charge in [0.1, 0.15) is 22.6 Å². The van der Waals surface area contributed by atoms with E-state index < -0.39 is 60.8 Å². The number of ketones is 4.